The summed E-state index contributed by atoms with van der Waals surface area (Å²) in [6.45, 7) is 4.35. The Labute approximate surface area is 131 Å². The topological polar surface area (TPSA) is 43.6 Å². The largest absolute Gasteiger partial charge is 0.302 e. The number of nitrogens with zero attached hydrogens (tertiary/aromatic N) is 4. The molecule has 0 atom stereocenters. The number of fused-ring (bicyclic) bond motifs is 1. The maximum atomic E-state index is 4.68. The van der Waals surface area contributed by atoms with Crippen molar-refractivity contribution >= 4 is 33.3 Å². The summed E-state index contributed by atoms with van der Waals surface area (Å²) < 4.78 is 4.59. The first-order valence-electron chi connectivity index (χ1n) is 7.20. The van der Waals surface area contributed by atoms with Crippen LogP contribution >= 0.6 is 23.1 Å². The molecule has 6 heteroatoms. The Hall–Kier alpha value is -1.40. The zero-order valence-corrected chi connectivity index (χ0v) is 13.6. The number of thiazole rings is 1. The summed E-state index contributed by atoms with van der Waals surface area (Å²) in [7, 11) is 0. The van der Waals surface area contributed by atoms with Gasteiger partial charge < -0.3 is 4.57 Å². The van der Waals surface area contributed by atoms with Gasteiger partial charge in [0.15, 0.2) is 9.50 Å². The Morgan fingerprint density at radius 1 is 1.24 bits per heavy atom. The molecule has 108 valence electrons. The normalized spacial score (nSPS) is 15.2. The summed E-state index contributed by atoms with van der Waals surface area (Å²) >= 11 is 3.36. The van der Waals surface area contributed by atoms with Gasteiger partial charge in [0, 0.05) is 12.0 Å². The molecule has 1 fully saturated rings. The van der Waals surface area contributed by atoms with Gasteiger partial charge in [-0.3, -0.25) is 0 Å². The molecule has 2 heterocycles. The van der Waals surface area contributed by atoms with Crippen molar-refractivity contribution in [1.82, 2.24) is 19.7 Å². The van der Waals surface area contributed by atoms with Crippen LogP contribution in [0.25, 0.3) is 10.2 Å². The van der Waals surface area contributed by atoms with E-state index >= 15 is 0 Å². The van der Waals surface area contributed by atoms with Crippen molar-refractivity contribution in [2.24, 2.45) is 0 Å². The minimum absolute atomic E-state index is 0.405. The molecule has 3 aromatic rings. The van der Waals surface area contributed by atoms with Crippen molar-refractivity contribution in [2.75, 3.05) is 0 Å². The van der Waals surface area contributed by atoms with Gasteiger partial charge in [0.05, 0.1) is 10.2 Å². The molecular formula is C15H16N4S2. The Balaban J connectivity index is 1.70. The average molecular weight is 316 g/mol. The second-order valence-electron chi connectivity index (χ2n) is 5.65. The number of hydrogen-bond acceptors (Lipinski definition) is 5. The predicted molar refractivity (Wildman–Crippen MR) is 86.1 cm³/mol. The third-order valence-electron chi connectivity index (χ3n) is 3.57. The standard InChI is InChI=1S/C15H16N4S2/c1-9(2)13-17-18-14(19(13)10-7-8-10)21-15-16-11-5-3-4-6-12(11)20-15/h3-6,9-10H,7-8H2,1-2H3. The van der Waals surface area contributed by atoms with Crippen molar-refractivity contribution in [3.63, 3.8) is 0 Å². The SMILES string of the molecule is CC(C)c1nnc(Sc2nc3ccccc3s2)n1C1CC1. The summed E-state index contributed by atoms with van der Waals surface area (Å²) in [5.41, 5.74) is 1.06. The zero-order valence-electron chi connectivity index (χ0n) is 12.0. The molecule has 0 unspecified atom stereocenters. The molecular weight excluding hydrogens is 300 g/mol. The number of para-hydroxylation sites is 1. The van der Waals surface area contributed by atoms with Crippen LogP contribution in [0.4, 0.5) is 0 Å². The summed E-state index contributed by atoms with van der Waals surface area (Å²) in [5.74, 6) is 1.50. The summed E-state index contributed by atoms with van der Waals surface area (Å²) in [5, 5.41) is 9.79. The van der Waals surface area contributed by atoms with Crippen molar-refractivity contribution < 1.29 is 0 Å². The fraction of sp³-hybridized carbons (Fsp3) is 0.400. The van der Waals surface area contributed by atoms with Gasteiger partial charge in [-0.15, -0.1) is 21.5 Å². The highest BCUT2D eigenvalue weighted by atomic mass is 32.2. The lowest BCUT2D eigenvalue weighted by molar-refractivity contribution is 0.599. The molecule has 0 N–H and O–H groups in total. The van der Waals surface area contributed by atoms with E-state index < -0.39 is 0 Å². The van der Waals surface area contributed by atoms with Gasteiger partial charge in [0.25, 0.3) is 0 Å². The summed E-state index contributed by atoms with van der Waals surface area (Å²) in [4.78, 5) is 4.68. The van der Waals surface area contributed by atoms with Crippen LogP contribution in [0.1, 0.15) is 44.5 Å². The number of hydrogen-bond donors (Lipinski definition) is 0. The fourth-order valence-corrected chi connectivity index (χ4v) is 4.48. The van der Waals surface area contributed by atoms with Gasteiger partial charge in [-0.1, -0.05) is 26.0 Å². The quantitative estimate of drug-likeness (QED) is 0.711. The number of aromatic nitrogens is 4. The highest BCUT2D eigenvalue weighted by Gasteiger charge is 2.30. The minimum atomic E-state index is 0.405. The van der Waals surface area contributed by atoms with E-state index in [2.05, 4.69) is 51.8 Å². The van der Waals surface area contributed by atoms with Crippen LogP contribution in [0.5, 0.6) is 0 Å². The van der Waals surface area contributed by atoms with Gasteiger partial charge in [-0.25, -0.2) is 4.98 Å². The molecule has 0 saturated heterocycles. The smallest absolute Gasteiger partial charge is 0.198 e. The Morgan fingerprint density at radius 2 is 2.05 bits per heavy atom. The third-order valence-corrected chi connectivity index (χ3v) is 5.63. The van der Waals surface area contributed by atoms with E-state index in [1.807, 2.05) is 6.07 Å². The minimum Gasteiger partial charge on any atom is -0.302 e. The van der Waals surface area contributed by atoms with Crippen LogP contribution in [-0.2, 0) is 0 Å². The van der Waals surface area contributed by atoms with Crippen molar-refractivity contribution in [3.8, 4) is 0 Å². The van der Waals surface area contributed by atoms with Gasteiger partial charge in [0.2, 0.25) is 0 Å². The molecule has 0 amide bonds. The maximum absolute atomic E-state index is 4.68. The van der Waals surface area contributed by atoms with Crippen LogP contribution in [0.2, 0.25) is 0 Å². The molecule has 0 radical (unpaired) electrons. The van der Waals surface area contributed by atoms with Crippen molar-refractivity contribution in [1.29, 1.82) is 0 Å². The fourth-order valence-electron chi connectivity index (χ4n) is 2.40. The second kappa shape index (κ2) is 5.10. The number of benzene rings is 1. The van der Waals surface area contributed by atoms with Crippen LogP contribution in [0.15, 0.2) is 33.8 Å². The average Bonchev–Trinajstić information content (AvgIpc) is 3.08. The maximum Gasteiger partial charge on any atom is 0.198 e. The third kappa shape index (κ3) is 2.46. The van der Waals surface area contributed by atoms with Crippen molar-refractivity contribution in [2.45, 2.75) is 48.1 Å². The van der Waals surface area contributed by atoms with E-state index in [1.165, 1.54) is 17.5 Å². The van der Waals surface area contributed by atoms with Crippen LogP contribution in [0.3, 0.4) is 0 Å². The molecule has 4 nitrogen and oxygen atoms in total. The highest BCUT2D eigenvalue weighted by molar-refractivity contribution is 8.01. The molecule has 2 aromatic heterocycles. The molecule has 0 aliphatic heterocycles. The van der Waals surface area contributed by atoms with E-state index in [4.69, 9.17) is 0 Å². The van der Waals surface area contributed by atoms with Crippen LogP contribution in [-0.4, -0.2) is 19.7 Å². The van der Waals surface area contributed by atoms with Gasteiger partial charge in [-0.05, 0) is 36.7 Å². The lowest BCUT2D eigenvalue weighted by Crippen LogP contribution is -2.04. The molecule has 0 bridgehead atoms. The van der Waals surface area contributed by atoms with E-state index in [0.717, 1.165) is 20.8 Å². The Kier molecular flexibility index (Phi) is 3.23. The van der Waals surface area contributed by atoms with E-state index in [1.54, 1.807) is 23.1 Å². The van der Waals surface area contributed by atoms with Gasteiger partial charge in [0.1, 0.15) is 5.82 Å². The first-order chi connectivity index (χ1) is 10.2. The summed E-state index contributed by atoms with van der Waals surface area (Å²) in [6.07, 6.45) is 2.48. The number of rotatable bonds is 4. The zero-order chi connectivity index (χ0) is 14.4. The van der Waals surface area contributed by atoms with Gasteiger partial charge in [-0.2, -0.15) is 0 Å². The molecule has 21 heavy (non-hydrogen) atoms. The van der Waals surface area contributed by atoms with Crippen LogP contribution in [0, 0.1) is 0 Å². The first kappa shape index (κ1) is 13.3. The Morgan fingerprint density at radius 3 is 2.76 bits per heavy atom. The second-order valence-corrected chi connectivity index (χ2v) is 7.89. The highest BCUT2D eigenvalue weighted by Crippen LogP contribution is 2.42. The van der Waals surface area contributed by atoms with E-state index in [9.17, 15) is 0 Å². The lowest BCUT2D eigenvalue weighted by Gasteiger charge is -2.09. The van der Waals surface area contributed by atoms with Crippen molar-refractivity contribution in [3.05, 3.63) is 30.1 Å². The molecule has 1 saturated carbocycles. The lowest BCUT2D eigenvalue weighted by atomic mass is 10.2. The summed E-state index contributed by atoms with van der Waals surface area (Å²) in [6, 6.07) is 8.84. The van der Waals surface area contributed by atoms with E-state index in [-0.39, 0.29) is 0 Å². The molecule has 0 spiro atoms. The molecule has 1 aliphatic carbocycles. The molecule has 4 rings (SSSR count). The first-order valence-corrected chi connectivity index (χ1v) is 8.84. The monoisotopic (exact) mass is 316 g/mol. The predicted octanol–water partition coefficient (Wildman–Crippen LogP) is 4.50. The van der Waals surface area contributed by atoms with Gasteiger partial charge >= 0.3 is 0 Å². The van der Waals surface area contributed by atoms with E-state index in [0.29, 0.717) is 12.0 Å². The Bertz CT molecular complexity index is 753. The molecule has 1 aliphatic rings. The molecule has 1 aromatic carbocycles. The van der Waals surface area contributed by atoms with Crippen LogP contribution < -0.4 is 0 Å².